The minimum atomic E-state index is 0.0176. The van der Waals surface area contributed by atoms with Crippen LogP contribution in [0.15, 0.2) is 59.0 Å². The largest absolute Gasteiger partial charge is 0.440 e. The number of oxazole rings is 1. The summed E-state index contributed by atoms with van der Waals surface area (Å²) in [5.74, 6) is 0.955. The van der Waals surface area contributed by atoms with Crippen molar-refractivity contribution in [2.45, 2.75) is 32.6 Å². The van der Waals surface area contributed by atoms with Crippen molar-refractivity contribution < 1.29 is 9.21 Å². The number of piperidine rings is 1. The van der Waals surface area contributed by atoms with E-state index < -0.39 is 0 Å². The average Bonchev–Trinajstić information content (AvgIpc) is 3.38. The fourth-order valence-electron chi connectivity index (χ4n) is 4.42. The van der Waals surface area contributed by atoms with E-state index in [1.807, 2.05) is 72.0 Å². The summed E-state index contributed by atoms with van der Waals surface area (Å²) >= 11 is 6.06. The second kappa shape index (κ2) is 8.87. The molecule has 3 heterocycles. The molecule has 168 valence electrons. The Morgan fingerprint density at radius 3 is 2.64 bits per heavy atom. The summed E-state index contributed by atoms with van der Waals surface area (Å²) in [6.45, 7) is 5.34. The highest BCUT2D eigenvalue weighted by Crippen LogP contribution is 2.31. The molecule has 1 aliphatic heterocycles. The van der Waals surface area contributed by atoms with Gasteiger partial charge in [-0.15, -0.1) is 0 Å². The summed E-state index contributed by atoms with van der Waals surface area (Å²) in [5.41, 5.74) is 5.42. The van der Waals surface area contributed by atoms with Gasteiger partial charge in [0, 0.05) is 41.4 Å². The smallest absolute Gasteiger partial charge is 0.246 e. The van der Waals surface area contributed by atoms with Crippen LogP contribution in [-0.4, -0.2) is 38.7 Å². The molecule has 4 aromatic rings. The van der Waals surface area contributed by atoms with E-state index in [4.69, 9.17) is 16.0 Å². The van der Waals surface area contributed by atoms with E-state index >= 15 is 0 Å². The van der Waals surface area contributed by atoms with Crippen molar-refractivity contribution >= 4 is 34.7 Å². The van der Waals surface area contributed by atoms with Crippen LogP contribution in [0.3, 0.4) is 0 Å². The maximum atomic E-state index is 12.9. The molecule has 33 heavy (non-hydrogen) atoms. The van der Waals surface area contributed by atoms with Crippen molar-refractivity contribution in [2.24, 2.45) is 0 Å². The van der Waals surface area contributed by atoms with E-state index in [0.717, 1.165) is 52.5 Å². The molecule has 1 aliphatic rings. The summed E-state index contributed by atoms with van der Waals surface area (Å²) < 4.78 is 7.85. The molecule has 1 fully saturated rings. The van der Waals surface area contributed by atoms with Gasteiger partial charge in [-0.2, -0.15) is 5.10 Å². The molecule has 5 rings (SSSR count). The minimum absolute atomic E-state index is 0.0176. The Bertz CT molecular complexity index is 1330. The van der Waals surface area contributed by atoms with E-state index in [1.54, 1.807) is 12.1 Å². The summed E-state index contributed by atoms with van der Waals surface area (Å²) in [6.07, 6.45) is 5.19. The lowest BCUT2D eigenvalue weighted by Crippen LogP contribution is -2.36. The van der Waals surface area contributed by atoms with Crippen LogP contribution in [0.25, 0.3) is 22.9 Å². The van der Waals surface area contributed by atoms with Gasteiger partial charge in [0.1, 0.15) is 5.52 Å². The number of aryl methyl sites for hydroxylation is 1. The van der Waals surface area contributed by atoms with Crippen LogP contribution in [0.1, 0.15) is 41.6 Å². The molecule has 0 spiro atoms. The van der Waals surface area contributed by atoms with Gasteiger partial charge in [-0.3, -0.25) is 4.79 Å². The molecule has 0 unspecified atom stereocenters. The summed E-state index contributed by atoms with van der Waals surface area (Å²) in [7, 11) is 0. The van der Waals surface area contributed by atoms with Gasteiger partial charge in [-0.25, -0.2) is 9.67 Å². The van der Waals surface area contributed by atoms with Crippen molar-refractivity contribution in [3.63, 3.8) is 0 Å². The first-order chi connectivity index (χ1) is 16.0. The van der Waals surface area contributed by atoms with E-state index in [0.29, 0.717) is 18.1 Å². The van der Waals surface area contributed by atoms with Crippen molar-refractivity contribution in [1.29, 1.82) is 0 Å². The van der Waals surface area contributed by atoms with Crippen LogP contribution in [0.4, 0.5) is 0 Å². The maximum absolute atomic E-state index is 12.9. The van der Waals surface area contributed by atoms with Gasteiger partial charge in [0.25, 0.3) is 0 Å². The number of benzene rings is 2. The third-order valence-electron chi connectivity index (χ3n) is 6.26. The van der Waals surface area contributed by atoms with Crippen LogP contribution < -0.4 is 0 Å². The lowest BCUT2D eigenvalue weighted by atomic mass is 9.96. The third kappa shape index (κ3) is 4.31. The first-order valence-electron chi connectivity index (χ1n) is 11.1. The molecule has 6 nitrogen and oxygen atoms in total. The molecule has 0 radical (unpaired) electrons. The van der Waals surface area contributed by atoms with Gasteiger partial charge in [-0.1, -0.05) is 29.8 Å². The molecule has 0 N–H and O–H groups in total. The summed E-state index contributed by atoms with van der Waals surface area (Å²) in [5, 5.41) is 5.30. The van der Waals surface area contributed by atoms with Crippen LogP contribution >= 0.6 is 11.6 Å². The lowest BCUT2D eigenvalue weighted by molar-refractivity contribution is -0.127. The number of rotatable bonds is 4. The highest BCUT2D eigenvalue weighted by Gasteiger charge is 2.26. The van der Waals surface area contributed by atoms with Gasteiger partial charge in [-0.05, 0) is 63.1 Å². The molecule has 0 aliphatic carbocycles. The molecule has 0 atom stereocenters. The number of halogens is 1. The molecule has 0 bridgehead atoms. The van der Waals surface area contributed by atoms with Gasteiger partial charge < -0.3 is 9.32 Å². The molecular formula is C26H25ClN4O2. The monoisotopic (exact) mass is 460 g/mol. The second-order valence-electron chi connectivity index (χ2n) is 8.43. The number of hydrogen-bond acceptors (Lipinski definition) is 4. The minimum Gasteiger partial charge on any atom is -0.440 e. The van der Waals surface area contributed by atoms with Crippen molar-refractivity contribution in [2.75, 3.05) is 13.1 Å². The Morgan fingerprint density at radius 1 is 1.12 bits per heavy atom. The Hall–Kier alpha value is -3.38. The molecule has 2 aromatic carbocycles. The molecule has 2 aromatic heterocycles. The third-order valence-corrected chi connectivity index (χ3v) is 6.50. The molecular weight excluding hydrogens is 436 g/mol. The summed E-state index contributed by atoms with van der Waals surface area (Å²) in [6, 6.07) is 15.5. The van der Waals surface area contributed by atoms with Crippen molar-refractivity contribution in [3.05, 3.63) is 82.5 Å². The first-order valence-corrected chi connectivity index (χ1v) is 11.5. The molecule has 7 heteroatoms. The van der Waals surface area contributed by atoms with Crippen LogP contribution in [0, 0.1) is 13.8 Å². The molecule has 0 saturated carbocycles. The topological polar surface area (TPSA) is 64.2 Å². The van der Waals surface area contributed by atoms with Crippen LogP contribution in [-0.2, 0) is 4.79 Å². The Kier molecular flexibility index (Phi) is 5.77. The SMILES string of the molecule is Cc1nn(-c2ccccc2)c(C)c1/C=C/C(=O)N1CCC(c2nc3cc(Cl)ccc3o2)CC1. The second-order valence-corrected chi connectivity index (χ2v) is 8.87. The van der Waals surface area contributed by atoms with E-state index in [1.165, 1.54) is 0 Å². The number of para-hydroxylation sites is 1. The van der Waals surface area contributed by atoms with Gasteiger partial charge >= 0.3 is 0 Å². The number of hydrogen-bond donors (Lipinski definition) is 0. The van der Waals surface area contributed by atoms with E-state index in [9.17, 15) is 4.79 Å². The van der Waals surface area contributed by atoms with Gasteiger partial charge in [0.2, 0.25) is 5.91 Å². The highest BCUT2D eigenvalue weighted by atomic mass is 35.5. The number of aromatic nitrogens is 3. The fourth-order valence-corrected chi connectivity index (χ4v) is 4.58. The Morgan fingerprint density at radius 2 is 1.88 bits per heavy atom. The number of amides is 1. The number of carbonyl (C=O) groups excluding carboxylic acids is 1. The van der Waals surface area contributed by atoms with Crippen LogP contribution in [0.5, 0.6) is 0 Å². The zero-order valence-electron chi connectivity index (χ0n) is 18.7. The predicted molar refractivity (Wildman–Crippen MR) is 130 cm³/mol. The number of carbonyl (C=O) groups is 1. The van der Waals surface area contributed by atoms with E-state index in [-0.39, 0.29) is 11.8 Å². The first kappa shape index (κ1) is 21.5. The zero-order chi connectivity index (χ0) is 22.9. The lowest BCUT2D eigenvalue weighted by Gasteiger charge is -2.29. The number of likely N-dealkylation sites (tertiary alicyclic amines) is 1. The zero-order valence-corrected chi connectivity index (χ0v) is 19.4. The highest BCUT2D eigenvalue weighted by molar-refractivity contribution is 6.31. The van der Waals surface area contributed by atoms with Gasteiger partial charge in [0.05, 0.1) is 11.4 Å². The van der Waals surface area contributed by atoms with Crippen LogP contribution in [0.2, 0.25) is 5.02 Å². The average molecular weight is 461 g/mol. The van der Waals surface area contributed by atoms with E-state index in [2.05, 4.69) is 10.1 Å². The summed E-state index contributed by atoms with van der Waals surface area (Å²) in [4.78, 5) is 19.4. The fraction of sp³-hybridized carbons (Fsp3) is 0.269. The molecule has 1 saturated heterocycles. The Labute approximate surface area is 197 Å². The normalized spacial score (nSPS) is 15.1. The molecule has 1 amide bonds. The van der Waals surface area contributed by atoms with Crippen molar-refractivity contribution in [1.82, 2.24) is 19.7 Å². The maximum Gasteiger partial charge on any atom is 0.246 e. The Balaban J connectivity index is 1.25. The quantitative estimate of drug-likeness (QED) is 0.366. The number of fused-ring (bicyclic) bond motifs is 1. The van der Waals surface area contributed by atoms with Gasteiger partial charge in [0.15, 0.2) is 11.5 Å². The standard InChI is InChI=1S/C26H25ClN4O2/c1-17-22(18(2)31(29-17)21-6-4-3-5-7-21)9-11-25(32)30-14-12-19(13-15-30)26-28-23-16-20(27)8-10-24(23)33-26/h3-11,16,19H,12-15H2,1-2H3/b11-9+. The number of nitrogens with zero attached hydrogens (tertiary/aromatic N) is 4. The predicted octanol–water partition coefficient (Wildman–Crippen LogP) is 5.70. The van der Waals surface area contributed by atoms with Crippen molar-refractivity contribution in [3.8, 4) is 5.69 Å².